The van der Waals surface area contributed by atoms with Gasteiger partial charge in [-0.1, -0.05) is 6.92 Å². The van der Waals surface area contributed by atoms with Crippen LogP contribution in [0.4, 0.5) is 0 Å². The van der Waals surface area contributed by atoms with Crippen LogP contribution in [0.15, 0.2) is 0 Å². The molecule has 2 rings (SSSR count). The summed E-state index contributed by atoms with van der Waals surface area (Å²) in [4.78, 5) is 0. The van der Waals surface area contributed by atoms with Gasteiger partial charge in [-0.2, -0.15) is 0 Å². The standard InChI is InChI=1S/C9H16O/c1-7-4-9(6-10)3-2-8(7)5-9/h7-8,10H,2-6H2,1H3. The fourth-order valence-corrected chi connectivity index (χ4v) is 2.98. The van der Waals surface area contributed by atoms with Gasteiger partial charge in [-0.05, 0) is 42.9 Å². The van der Waals surface area contributed by atoms with Crippen LogP contribution in [0.1, 0.15) is 32.6 Å². The van der Waals surface area contributed by atoms with Crippen LogP contribution >= 0.6 is 0 Å². The van der Waals surface area contributed by atoms with Crippen molar-refractivity contribution >= 4 is 0 Å². The van der Waals surface area contributed by atoms with Gasteiger partial charge in [0, 0.05) is 6.61 Å². The number of hydrogen-bond donors (Lipinski definition) is 1. The zero-order valence-electron chi connectivity index (χ0n) is 6.64. The minimum Gasteiger partial charge on any atom is -0.396 e. The van der Waals surface area contributed by atoms with Crippen LogP contribution in [0.2, 0.25) is 0 Å². The summed E-state index contributed by atoms with van der Waals surface area (Å²) in [5.74, 6) is 1.84. The molecule has 3 atom stereocenters. The molecule has 1 N–H and O–H groups in total. The van der Waals surface area contributed by atoms with Gasteiger partial charge in [-0.25, -0.2) is 0 Å². The molecule has 2 fully saturated rings. The van der Waals surface area contributed by atoms with E-state index in [-0.39, 0.29) is 0 Å². The number of rotatable bonds is 1. The Hall–Kier alpha value is -0.0400. The highest BCUT2D eigenvalue weighted by molar-refractivity contribution is 4.98. The summed E-state index contributed by atoms with van der Waals surface area (Å²) in [7, 11) is 0. The highest BCUT2D eigenvalue weighted by atomic mass is 16.3. The van der Waals surface area contributed by atoms with Gasteiger partial charge < -0.3 is 5.11 Å². The summed E-state index contributed by atoms with van der Waals surface area (Å²) in [6.07, 6.45) is 5.26. The molecule has 2 aliphatic rings. The topological polar surface area (TPSA) is 20.2 Å². The van der Waals surface area contributed by atoms with E-state index >= 15 is 0 Å². The summed E-state index contributed by atoms with van der Waals surface area (Å²) in [5.41, 5.74) is 0.379. The molecule has 2 saturated carbocycles. The van der Waals surface area contributed by atoms with Crippen LogP contribution in [0.3, 0.4) is 0 Å². The molecule has 0 spiro atoms. The highest BCUT2D eigenvalue weighted by Crippen LogP contribution is 2.56. The maximum atomic E-state index is 9.16. The fraction of sp³-hybridized carbons (Fsp3) is 1.00. The van der Waals surface area contributed by atoms with Crippen molar-refractivity contribution in [3.8, 4) is 0 Å². The lowest BCUT2D eigenvalue weighted by molar-refractivity contribution is 0.124. The second kappa shape index (κ2) is 1.97. The van der Waals surface area contributed by atoms with Crippen molar-refractivity contribution < 1.29 is 5.11 Å². The third-order valence-corrected chi connectivity index (χ3v) is 3.64. The Balaban J connectivity index is 2.14. The smallest absolute Gasteiger partial charge is 0.0487 e. The molecule has 0 amide bonds. The fourth-order valence-electron chi connectivity index (χ4n) is 2.98. The molecular weight excluding hydrogens is 124 g/mol. The van der Waals surface area contributed by atoms with Crippen molar-refractivity contribution in [2.24, 2.45) is 17.3 Å². The molecule has 10 heavy (non-hydrogen) atoms. The number of aliphatic hydroxyl groups is 1. The van der Waals surface area contributed by atoms with E-state index in [2.05, 4.69) is 6.92 Å². The SMILES string of the molecule is CC1CC2(CO)CCC1C2. The first kappa shape index (κ1) is 6.66. The number of hydrogen-bond acceptors (Lipinski definition) is 1. The first-order valence-corrected chi connectivity index (χ1v) is 4.37. The summed E-state index contributed by atoms with van der Waals surface area (Å²) in [6, 6.07) is 0. The van der Waals surface area contributed by atoms with Crippen LogP contribution in [0, 0.1) is 17.3 Å². The van der Waals surface area contributed by atoms with Crippen molar-refractivity contribution in [2.45, 2.75) is 32.6 Å². The van der Waals surface area contributed by atoms with Crippen LogP contribution < -0.4 is 0 Å². The minimum absolute atomic E-state index is 0.379. The van der Waals surface area contributed by atoms with Gasteiger partial charge in [-0.15, -0.1) is 0 Å². The summed E-state index contributed by atoms with van der Waals surface area (Å²) in [5, 5.41) is 9.16. The average Bonchev–Trinajstić information content (AvgIpc) is 2.45. The Morgan fingerprint density at radius 3 is 2.60 bits per heavy atom. The third-order valence-electron chi connectivity index (χ3n) is 3.64. The molecule has 0 aromatic rings. The lowest BCUT2D eigenvalue weighted by Gasteiger charge is -2.25. The summed E-state index contributed by atoms with van der Waals surface area (Å²) < 4.78 is 0. The van der Waals surface area contributed by atoms with Gasteiger partial charge in [0.1, 0.15) is 0 Å². The normalized spacial score (nSPS) is 52.2. The van der Waals surface area contributed by atoms with Gasteiger partial charge in [0.25, 0.3) is 0 Å². The lowest BCUT2D eigenvalue weighted by Crippen LogP contribution is -2.20. The second-order valence-corrected chi connectivity index (χ2v) is 4.34. The second-order valence-electron chi connectivity index (χ2n) is 4.34. The quantitative estimate of drug-likeness (QED) is 0.589. The van der Waals surface area contributed by atoms with E-state index in [0.29, 0.717) is 12.0 Å². The molecular formula is C9H16O. The molecule has 0 aromatic heterocycles. The Morgan fingerprint density at radius 2 is 2.30 bits per heavy atom. The third kappa shape index (κ3) is 0.731. The van der Waals surface area contributed by atoms with Crippen molar-refractivity contribution in [1.82, 2.24) is 0 Å². The molecule has 0 aromatic carbocycles. The number of fused-ring (bicyclic) bond motifs is 2. The molecule has 0 saturated heterocycles. The zero-order chi connectivity index (χ0) is 7.19. The molecule has 2 aliphatic carbocycles. The molecule has 1 heteroatoms. The maximum Gasteiger partial charge on any atom is 0.0487 e. The Kier molecular flexibility index (Phi) is 1.31. The molecule has 1 nitrogen and oxygen atoms in total. The molecule has 0 aliphatic heterocycles. The van der Waals surface area contributed by atoms with Crippen molar-refractivity contribution in [3.63, 3.8) is 0 Å². The predicted molar refractivity (Wildman–Crippen MR) is 40.6 cm³/mol. The predicted octanol–water partition coefficient (Wildman–Crippen LogP) is 1.80. The van der Waals surface area contributed by atoms with E-state index in [1.54, 1.807) is 0 Å². The molecule has 58 valence electrons. The van der Waals surface area contributed by atoms with Crippen molar-refractivity contribution in [3.05, 3.63) is 0 Å². The highest BCUT2D eigenvalue weighted by Gasteiger charge is 2.47. The molecule has 0 radical (unpaired) electrons. The summed E-state index contributed by atoms with van der Waals surface area (Å²) >= 11 is 0. The lowest BCUT2D eigenvalue weighted by atomic mass is 9.81. The maximum absolute atomic E-state index is 9.16. The van der Waals surface area contributed by atoms with Gasteiger partial charge in [0.2, 0.25) is 0 Å². The molecule has 0 heterocycles. The Labute approximate surface area is 62.4 Å². The van der Waals surface area contributed by atoms with Crippen molar-refractivity contribution in [1.29, 1.82) is 0 Å². The van der Waals surface area contributed by atoms with Gasteiger partial charge in [-0.3, -0.25) is 0 Å². The monoisotopic (exact) mass is 140 g/mol. The van der Waals surface area contributed by atoms with Crippen LogP contribution in [0.5, 0.6) is 0 Å². The Bertz CT molecular complexity index is 140. The molecule has 3 unspecified atom stereocenters. The zero-order valence-corrected chi connectivity index (χ0v) is 6.64. The van der Waals surface area contributed by atoms with E-state index in [9.17, 15) is 0 Å². The van der Waals surface area contributed by atoms with Crippen LogP contribution in [0.25, 0.3) is 0 Å². The van der Waals surface area contributed by atoms with Crippen LogP contribution in [-0.2, 0) is 0 Å². The van der Waals surface area contributed by atoms with E-state index in [1.807, 2.05) is 0 Å². The van der Waals surface area contributed by atoms with E-state index in [0.717, 1.165) is 11.8 Å². The molecule has 2 bridgehead atoms. The summed E-state index contributed by atoms with van der Waals surface area (Å²) in [6.45, 7) is 2.77. The van der Waals surface area contributed by atoms with Crippen LogP contribution in [-0.4, -0.2) is 11.7 Å². The largest absolute Gasteiger partial charge is 0.396 e. The first-order valence-electron chi connectivity index (χ1n) is 4.37. The van der Waals surface area contributed by atoms with Crippen molar-refractivity contribution in [2.75, 3.05) is 6.61 Å². The van der Waals surface area contributed by atoms with E-state index in [4.69, 9.17) is 5.11 Å². The van der Waals surface area contributed by atoms with E-state index in [1.165, 1.54) is 25.7 Å². The van der Waals surface area contributed by atoms with Gasteiger partial charge in [0.15, 0.2) is 0 Å². The van der Waals surface area contributed by atoms with E-state index < -0.39 is 0 Å². The van der Waals surface area contributed by atoms with Gasteiger partial charge in [0.05, 0.1) is 0 Å². The Morgan fingerprint density at radius 1 is 1.50 bits per heavy atom. The minimum atomic E-state index is 0.379. The first-order chi connectivity index (χ1) is 4.76. The number of aliphatic hydroxyl groups excluding tert-OH is 1. The average molecular weight is 140 g/mol. The van der Waals surface area contributed by atoms with Gasteiger partial charge >= 0.3 is 0 Å².